The van der Waals surface area contributed by atoms with Crippen molar-refractivity contribution in [1.82, 2.24) is 5.32 Å². The number of unbranched alkanes of at least 4 members (excludes halogenated alkanes) is 1. The van der Waals surface area contributed by atoms with Crippen molar-refractivity contribution in [2.45, 2.75) is 44.6 Å². The van der Waals surface area contributed by atoms with Gasteiger partial charge < -0.3 is 14.8 Å². The van der Waals surface area contributed by atoms with E-state index in [4.69, 9.17) is 9.47 Å². The molecule has 0 amide bonds. The summed E-state index contributed by atoms with van der Waals surface area (Å²) in [5.74, 6) is 2.05. The minimum Gasteiger partial charge on any atom is -0.382 e. The van der Waals surface area contributed by atoms with Crippen molar-refractivity contribution in [3.63, 3.8) is 0 Å². The Morgan fingerprint density at radius 1 is 1.06 bits per heavy atom. The molecule has 2 aliphatic rings. The number of hydrogen-bond donors (Lipinski definition) is 1. The third-order valence-corrected chi connectivity index (χ3v) is 4.29. The molecule has 0 aromatic heterocycles. The predicted molar refractivity (Wildman–Crippen MR) is 69.2 cm³/mol. The maximum absolute atomic E-state index is 5.44. The minimum absolute atomic E-state index is 0.712. The fraction of sp³-hybridized carbons (Fsp3) is 1.00. The Hall–Kier alpha value is -0.120. The van der Waals surface area contributed by atoms with E-state index in [9.17, 15) is 0 Å². The van der Waals surface area contributed by atoms with Crippen LogP contribution in [0.2, 0.25) is 0 Å². The van der Waals surface area contributed by atoms with Crippen molar-refractivity contribution in [2.75, 3.05) is 33.5 Å². The lowest BCUT2D eigenvalue weighted by Crippen LogP contribution is -2.34. The first-order chi connectivity index (χ1) is 8.40. The number of rotatable bonds is 9. The Kier molecular flexibility index (Phi) is 5.75. The van der Waals surface area contributed by atoms with Crippen molar-refractivity contribution in [1.29, 1.82) is 0 Å². The van der Waals surface area contributed by atoms with E-state index in [-0.39, 0.29) is 0 Å². The van der Waals surface area contributed by atoms with Crippen molar-refractivity contribution in [2.24, 2.45) is 11.8 Å². The van der Waals surface area contributed by atoms with Crippen LogP contribution in [0.25, 0.3) is 0 Å². The Labute approximate surface area is 105 Å². The zero-order valence-corrected chi connectivity index (χ0v) is 11.1. The molecule has 2 bridgehead atoms. The topological polar surface area (TPSA) is 30.5 Å². The SMILES string of the molecule is COCCOCCCCNC1CC2CCC1C2. The predicted octanol–water partition coefficient (Wildman–Crippen LogP) is 2.21. The van der Waals surface area contributed by atoms with Gasteiger partial charge in [0.05, 0.1) is 13.2 Å². The van der Waals surface area contributed by atoms with E-state index in [0.717, 1.165) is 37.5 Å². The highest BCUT2D eigenvalue weighted by Crippen LogP contribution is 2.44. The molecule has 3 nitrogen and oxygen atoms in total. The smallest absolute Gasteiger partial charge is 0.0700 e. The molecule has 2 saturated carbocycles. The van der Waals surface area contributed by atoms with Gasteiger partial charge in [-0.25, -0.2) is 0 Å². The first kappa shape index (κ1) is 13.3. The van der Waals surface area contributed by atoms with E-state index >= 15 is 0 Å². The first-order valence-electron chi connectivity index (χ1n) is 7.20. The number of hydrogen-bond acceptors (Lipinski definition) is 3. The molecule has 3 atom stereocenters. The van der Waals surface area contributed by atoms with E-state index < -0.39 is 0 Å². The first-order valence-corrected chi connectivity index (χ1v) is 7.20. The lowest BCUT2D eigenvalue weighted by molar-refractivity contribution is 0.0687. The highest BCUT2D eigenvalue weighted by molar-refractivity contribution is 4.93. The summed E-state index contributed by atoms with van der Waals surface area (Å²) in [6.45, 7) is 3.49. The molecule has 3 unspecified atom stereocenters. The molecule has 0 aliphatic heterocycles. The van der Waals surface area contributed by atoms with Gasteiger partial charge in [-0.05, 0) is 50.5 Å². The second kappa shape index (κ2) is 7.34. The average Bonchev–Trinajstić information content (AvgIpc) is 2.94. The standard InChI is InChI=1S/C14H27NO2/c1-16-8-9-17-7-3-2-6-15-14-11-12-4-5-13(14)10-12/h12-15H,2-11H2,1H3. The summed E-state index contributed by atoms with van der Waals surface area (Å²) in [6.07, 6.45) is 8.31. The third kappa shape index (κ3) is 4.23. The van der Waals surface area contributed by atoms with Gasteiger partial charge in [0.1, 0.15) is 0 Å². The van der Waals surface area contributed by atoms with Crippen molar-refractivity contribution in [3.05, 3.63) is 0 Å². The van der Waals surface area contributed by atoms with Crippen molar-refractivity contribution >= 4 is 0 Å². The summed E-state index contributed by atoms with van der Waals surface area (Å²) in [4.78, 5) is 0. The summed E-state index contributed by atoms with van der Waals surface area (Å²) in [5, 5.41) is 3.73. The van der Waals surface area contributed by atoms with E-state index in [1.807, 2.05) is 0 Å². The second-order valence-electron chi connectivity index (χ2n) is 5.55. The molecule has 0 saturated heterocycles. The molecule has 0 heterocycles. The Bertz CT molecular complexity index is 210. The fourth-order valence-electron chi connectivity index (χ4n) is 3.36. The van der Waals surface area contributed by atoms with Gasteiger partial charge in [-0.2, -0.15) is 0 Å². The van der Waals surface area contributed by atoms with Crippen molar-refractivity contribution < 1.29 is 9.47 Å². The summed E-state index contributed by atoms with van der Waals surface area (Å²) in [6, 6.07) is 0.836. The highest BCUT2D eigenvalue weighted by Gasteiger charge is 2.38. The van der Waals surface area contributed by atoms with Gasteiger partial charge in [0.25, 0.3) is 0 Å². The second-order valence-corrected chi connectivity index (χ2v) is 5.55. The molecule has 2 aliphatic carbocycles. The van der Waals surface area contributed by atoms with Crippen LogP contribution in [0.3, 0.4) is 0 Å². The number of methoxy groups -OCH3 is 1. The van der Waals surface area contributed by atoms with Crippen LogP contribution >= 0.6 is 0 Å². The van der Waals surface area contributed by atoms with Gasteiger partial charge in [-0.15, -0.1) is 0 Å². The van der Waals surface area contributed by atoms with Gasteiger partial charge >= 0.3 is 0 Å². The molecular formula is C14H27NO2. The van der Waals surface area contributed by atoms with Gasteiger partial charge in [0, 0.05) is 19.8 Å². The van der Waals surface area contributed by atoms with Crippen LogP contribution in [0.4, 0.5) is 0 Å². The van der Waals surface area contributed by atoms with Crippen LogP contribution in [0.5, 0.6) is 0 Å². The van der Waals surface area contributed by atoms with E-state index in [2.05, 4.69) is 5.32 Å². The van der Waals surface area contributed by atoms with Gasteiger partial charge in [0.2, 0.25) is 0 Å². The number of fused-ring (bicyclic) bond motifs is 2. The van der Waals surface area contributed by atoms with Crippen LogP contribution in [0.15, 0.2) is 0 Å². The molecular weight excluding hydrogens is 214 g/mol. The number of ether oxygens (including phenoxy) is 2. The summed E-state index contributed by atoms with van der Waals surface area (Å²) in [5.41, 5.74) is 0. The fourth-order valence-corrected chi connectivity index (χ4v) is 3.36. The summed E-state index contributed by atoms with van der Waals surface area (Å²) < 4.78 is 10.4. The van der Waals surface area contributed by atoms with Crippen LogP contribution in [0, 0.1) is 11.8 Å². The molecule has 3 heteroatoms. The largest absolute Gasteiger partial charge is 0.382 e. The maximum Gasteiger partial charge on any atom is 0.0700 e. The average molecular weight is 241 g/mol. The van der Waals surface area contributed by atoms with Crippen LogP contribution in [-0.4, -0.2) is 39.5 Å². The van der Waals surface area contributed by atoms with E-state index in [1.54, 1.807) is 7.11 Å². The normalized spacial score (nSPS) is 31.2. The molecule has 0 radical (unpaired) electrons. The highest BCUT2D eigenvalue weighted by atomic mass is 16.5. The van der Waals surface area contributed by atoms with Crippen LogP contribution < -0.4 is 5.32 Å². The van der Waals surface area contributed by atoms with Gasteiger partial charge in [-0.1, -0.05) is 6.42 Å². The third-order valence-electron chi connectivity index (χ3n) is 4.29. The molecule has 17 heavy (non-hydrogen) atoms. The summed E-state index contributed by atoms with van der Waals surface area (Å²) in [7, 11) is 1.71. The van der Waals surface area contributed by atoms with E-state index in [1.165, 1.54) is 38.6 Å². The molecule has 2 rings (SSSR count). The Morgan fingerprint density at radius 3 is 2.71 bits per heavy atom. The molecule has 2 fully saturated rings. The maximum atomic E-state index is 5.44. The van der Waals surface area contributed by atoms with Crippen LogP contribution in [-0.2, 0) is 9.47 Å². The molecule has 100 valence electrons. The summed E-state index contributed by atoms with van der Waals surface area (Å²) >= 11 is 0. The van der Waals surface area contributed by atoms with Crippen LogP contribution in [0.1, 0.15) is 38.5 Å². The minimum atomic E-state index is 0.712. The quantitative estimate of drug-likeness (QED) is 0.628. The van der Waals surface area contributed by atoms with Gasteiger partial charge in [-0.3, -0.25) is 0 Å². The molecule has 0 aromatic carbocycles. The molecule has 0 spiro atoms. The monoisotopic (exact) mass is 241 g/mol. The zero-order valence-electron chi connectivity index (χ0n) is 11.1. The lowest BCUT2D eigenvalue weighted by atomic mass is 9.95. The molecule has 1 N–H and O–H groups in total. The molecule has 0 aromatic rings. The van der Waals surface area contributed by atoms with E-state index in [0.29, 0.717) is 6.61 Å². The lowest BCUT2D eigenvalue weighted by Gasteiger charge is -2.22. The van der Waals surface area contributed by atoms with Gasteiger partial charge in [0.15, 0.2) is 0 Å². The van der Waals surface area contributed by atoms with Crippen molar-refractivity contribution in [3.8, 4) is 0 Å². The Morgan fingerprint density at radius 2 is 2.00 bits per heavy atom. The number of nitrogens with one attached hydrogen (secondary N) is 1. The Balaban J connectivity index is 1.39. The zero-order chi connectivity index (χ0) is 11.9.